The molecule has 0 unspecified atom stereocenters. The van der Waals surface area contributed by atoms with Crippen molar-refractivity contribution in [2.24, 2.45) is 0 Å². The largest absolute Gasteiger partial charge is 0.506 e. The van der Waals surface area contributed by atoms with E-state index in [0.29, 0.717) is 33.9 Å². The number of aromatic nitrogens is 4. The number of aromatic hydroxyl groups is 1. The van der Waals surface area contributed by atoms with Crippen LogP contribution in [0.1, 0.15) is 43.6 Å². The third-order valence-corrected chi connectivity index (χ3v) is 5.81. The van der Waals surface area contributed by atoms with Crippen LogP contribution < -0.4 is 10.6 Å². The summed E-state index contributed by atoms with van der Waals surface area (Å²) in [6, 6.07) is 4.87. The zero-order chi connectivity index (χ0) is 24.5. The zero-order valence-electron chi connectivity index (χ0n) is 17.3. The summed E-state index contributed by atoms with van der Waals surface area (Å²) < 4.78 is 38.8. The summed E-state index contributed by atoms with van der Waals surface area (Å²) in [6.07, 6.45) is 0.107. The Bertz CT molecular complexity index is 1390. The van der Waals surface area contributed by atoms with Crippen molar-refractivity contribution < 1.29 is 27.9 Å². The molecular weight excluding hydrogens is 473 g/mol. The Labute approximate surface area is 193 Å². The van der Waals surface area contributed by atoms with Crippen LogP contribution in [0, 0.1) is 0 Å². The standard InChI is InChI=1S/C21H15F3N6O3S/c1-10(29-18(32)11-2-3-13-14(6-11)26-5-4-25-13)20-28-9-16(34-20)19(33)30-17-7-12(21(22,23)24)15(31)8-27-17/h2-10,31H,1H3,(H,29,32)(H,27,30,33)/t10-/m1/s1. The molecule has 3 aromatic heterocycles. The van der Waals surface area contributed by atoms with Gasteiger partial charge in [0.15, 0.2) is 0 Å². The minimum Gasteiger partial charge on any atom is -0.506 e. The third kappa shape index (κ3) is 4.93. The molecule has 0 radical (unpaired) electrons. The van der Waals surface area contributed by atoms with E-state index in [9.17, 15) is 27.9 Å². The molecule has 34 heavy (non-hydrogen) atoms. The quantitative estimate of drug-likeness (QED) is 0.388. The first-order chi connectivity index (χ1) is 16.1. The van der Waals surface area contributed by atoms with Crippen LogP contribution in [-0.2, 0) is 6.18 Å². The fourth-order valence-electron chi connectivity index (χ4n) is 2.96. The highest BCUT2D eigenvalue weighted by Gasteiger charge is 2.34. The van der Waals surface area contributed by atoms with Gasteiger partial charge in [0.25, 0.3) is 11.8 Å². The number of nitrogens with zero attached hydrogens (tertiary/aromatic N) is 4. The van der Waals surface area contributed by atoms with Gasteiger partial charge in [-0.05, 0) is 31.2 Å². The number of thiazole rings is 1. The molecule has 0 saturated heterocycles. The van der Waals surface area contributed by atoms with Gasteiger partial charge in [-0.25, -0.2) is 9.97 Å². The van der Waals surface area contributed by atoms with E-state index in [1.807, 2.05) is 0 Å². The number of anilines is 1. The topological polar surface area (TPSA) is 130 Å². The van der Waals surface area contributed by atoms with E-state index >= 15 is 0 Å². The van der Waals surface area contributed by atoms with Crippen LogP contribution in [0.15, 0.2) is 49.1 Å². The molecule has 0 saturated carbocycles. The van der Waals surface area contributed by atoms with E-state index in [-0.39, 0.29) is 16.6 Å². The number of carbonyl (C=O) groups excluding carboxylic acids is 2. The number of amides is 2. The molecule has 3 heterocycles. The Morgan fingerprint density at radius 3 is 2.47 bits per heavy atom. The maximum absolute atomic E-state index is 12.9. The summed E-state index contributed by atoms with van der Waals surface area (Å²) in [7, 11) is 0. The molecule has 13 heteroatoms. The van der Waals surface area contributed by atoms with E-state index in [0.717, 1.165) is 11.3 Å². The second-order valence-corrected chi connectivity index (χ2v) is 8.12. The van der Waals surface area contributed by atoms with E-state index in [4.69, 9.17) is 0 Å². The van der Waals surface area contributed by atoms with Crippen molar-refractivity contribution in [2.45, 2.75) is 19.1 Å². The Morgan fingerprint density at radius 2 is 1.74 bits per heavy atom. The van der Waals surface area contributed by atoms with Gasteiger partial charge in [-0.3, -0.25) is 19.6 Å². The zero-order valence-corrected chi connectivity index (χ0v) is 18.1. The fourth-order valence-corrected chi connectivity index (χ4v) is 3.78. The number of pyridine rings is 1. The second-order valence-electron chi connectivity index (χ2n) is 7.06. The number of halogens is 3. The molecule has 174 valence electrons. The lowest BCUT2D eigenvalue weighted by molar-refractivity contribution is -0.138. The van der Waals surface area contributed by atoms with Crippen LogP contribution in [-0.4, -0.2) is 36.9 Å². The highest BCUT2D eigenvalue weighted by Crippen LogP contribution is 2.36. The number of hydrogen-bond acceptors (Lipinski definition) is 8. The first-order valence-corrected chi connectivity index (χ1v) is 10.5. The van der Waals surface area contributed by atoms with Crippen LogP contribution >= 0.6 is 11.3 Å². The molecule has 0 fully saturated rings. The van der Waals surface area contributed by atoms with Gasteiger partial charge in [0.05, 0.1) is 29.5 Å². The van der Waals surface area contributed by atoms with Gasteiger partial charge in [0, 0.05) is 18.0 Å². The normalized spacial score (nSPS) is 12.4. The highest BCUT2D eigenvalue weighted by molar-refractivity contribution is 7.13. The fraction of sp³-hybridized carbons (Fsp3) is 0.143. The molecule has 0 bridgehead atoms. The number of benzene rings is 1. The van der Waals surface area contributed by atoms with Crippen molar-refractivity contribution in [3.8, 4) is 5.75 Å². The minimum absolute atomic E-state index is 0.0977. The molecule has 4 rings (SSSR count). The summed E-state index contributed by atoms with van der Waals surface area (Å²) in [5.74, 6) is -2.55. The molecule has 0 aliphatic carbocycles. The van der Waals surface area contributed by atoms with Crippen LogP contribution in [0.4, 0.5) is 19.0 Å². The van der Waals surface area contributed by atoms with Gasteiger partial charge < -0.3 is 15.7 Å². The average molecular weight is 488 g/mol. The van der Waals surface area contributed by atoms with Crippen LogP contribution in [0.3, 0.4) is 0 Å². The minimum atomic E-state index is -4.81. The molecule has 9 nitrogen and oxygen atoms in total. The number of fused-ring (bicyclic) bond motifs is 1. The number of rotatable bonds is 5. The monoisotopic (exact) mass is 488 g/mol. The van der Waals surface area contributed by atoms with Gasteiger partial charge >= 0.3 is 6.18 Å². The van der Waals surface area contributed by atoms with Gasteiger partial charge in [-0.1, -0.05) is 0 Å². The number of hydrogen-bond donors (Lipinski definition) is 3. The van der Waals surface area contributed by atoms with Crippen LogP contribution in [0.2, 0.25) is 0 Å². The first kappa shape index (κ1) is 23.0. The molecular formula is C21H15F3N6O3S. The SMILES string of the molecule is C[C@@H](NC(=O)c1ccc2nccnc2c1)c1ncc(C(=O)Nc2cc(C(F)(F)F)c(O)cn2)s1. The molecule has 2 amide bonds. The third-order valence-electron chi connectivity index (χ3n) is 4.63. The predicted octanol–water partition coefficient (Wildman–Crippen LogP) is 3.95. The van der Waals surface area contributed by atoms with Crippen molar-refractivity contribution in [1.29, 1.82) is 0 Å². The number of nitrogens with one attached hydrogen (secondary N) is 2. The van der Waals surface area contributed by atoms with Crippen molar-refractivity contribution in [3.05, 3.63) is 70.1 Å². The van der Waals surface area contributed by atoms with Gasteiger partial charge in [0.1, 0.15) is 27.0 Å². The van der Waals surface area contributed by atoms with Crippen LogP contribution in [0.25, 0.3) is 11.0 Å². The molecule has 0 aliphatic rings. The number of alkyl halides is 3. The Morgan fingerprint density at radius 1 is 1.00 bits per heavy atom. The second kappa shape index (κ2) is 9.02. The first-order valence-electron chi connectivity index (χ1n) is 9.67. The molecule has 0 spiro atoms. The van der Waals surface area contributed by atoms with Crippen molar-refractivity contribution in [3.63, 3.8) is 0 Å². The molecule has 4 aromatic rings. The van der Waals surface area contributed by atoms with E-state index in [2.05, 4.69) is 30.6 Å². The van der Waals surface area contributed by atoms with Gasteiger partial charge in [0.2, 0.25) is 0 Å². The Kier molecular flexibility index (Phi) is 6.11. The average Bonchev–Trinajstić information content (AvgIpc) is 3.30. The lowest BCUT2D eigenvalue weighted by atomic mass is 10.1. The van der Waals surface area contributed by atoms with Crippen molar-refractivity contribution in [1.82, 2.24) is 25.3 Å². The number of carbonyl (C=O) groups is 2. The molecule has 3 N–H and O–H groups in total. The molecule has 1 aromatic carbocycles. The Balaban J connectivity index is 1.44. The van der Waals surface area contributed by atoms with Crippen LogP contribution in [0.5, 0.6) is 5.75 Å². The maximum atomic E-state index is 12.9. The summed E-state index contributed by atoms with van der Waals surface area (Å²) in [5.41, 5.74) is 0.257. The van der Waals surface area contributed by atoms with E-state index in [1.54, 1.807) is 31.3 Å². The molecule has 0 aliphatic heterocycles. The van der Waals surface area contributed by atoms with E-state index < -0.39 is 29.4 Å². The van der Waals surface area contributed by atoms with Crippen molar-refractivity contribution in [2.75, 3.05) is 5.32 Å². The van der Waals surface area contributed by atoms with Gasteiger partial charge in [-0.15, -0.1) is 11.3 Å². The summed E-state index contributed by atoms with van der Waals surface area (Å²) in [5, 5.41) is 14.8. The Hall–Kier alpha value is -4.13. The van der Waals surface area contributed by atoms with Crippen molar-refractivity contribution >= 4 is 40.0 Å². The van der Waals surface area contributed by atoms with E-state index in [1.165, 1.54) is 12.4 Å². The summed E-state index contributed by atoms with van der Waals surface area (Å²) in [6.45, 7) is 1.68. The highest BCUT2D eigenvalue weighted by atomic mass is 32.1. The smallest absolute Gasteiger partial charge is 0.420 e. The summed E-state index contributed by atoms with van der Waals surface area (Å²) in [4.78, 5) is 41.2. The maximum Gasteiger partial charge on any atom is 0.420 e. The summed E-state index contributed by atoms with van der Waals surface area (Å²) >= 11 is 0.961. The lowest BCUT2D eigenvalue weighted by Gasteiger charge is -2.11. The lowest BCUT2D eigenvalue weighted by Crippen LogP contribution is -2.26. The molecule has 1 atom stereocenters. The predicted molar refractivity (Wildman–Crippen MR) is 116 cm³/mol. The van der Waals surface area contributed by atoms with Gasteiger partial charge in [-0.2, -0.15) is 13.2 Å².